The fourth-order valence-electron chi connectivity index (χ4n) is 1.97. The average Bonchev–Trinajstić information content (AvgIpc) is 2.48. The van der Waals surface area contributed by atoms with Gasteiger partial charge in [-0.05, 0) is 36.1 Å². The zero-order valence-electron chi connectivity index (χ0n) is 11.4. The van der Waals surface area contributed by atoms with Crippen LogP contribution in [0.25, 0.3) is 0 Å². The lowest BCUT2D eigenvalue weighted by Crippen LogP contribution is -1.80. The molecule has 2 rings (SSSR count). The molecule has 0 unspecified atom stereocenters. The number of rotatable bonds is 4. The van der Waals surface area contributed by atoms with Crippen molar-refractivity contribution in [2.75, 3.05) is 0 Å². The summed E-state index contributed by atoms with van der Waals surface area (Å²) in [6, 6.07) is 19.0. The van der Waals surface area contributed by atoms with Crippen LogP contribution in [0.2, 0.25) is 0 Å². The van der Waals surface area contributed by atoms with E-state index in [1.807, 2.05) is 36.4 Å². The van der Waals surface area contributed by atoms with Gasteiger partial charge in [0.15, 0.2) is 0 Å². The summed E-state index contributed by atoms with van der Waals surface area (Å²) in [4.78, 5) is 8.66. The number of hydrogen-bond donors (Lipinski definition) is 0. The molecule has 0 N–H and O–H groups in total. The van der Waals surface area contributed by atoms with Crippen LogP contribution in [0.5, 0.6) is 0 Å². The van der Waals surface area contributed by atoms with Gasteiger partial charge in [-0.25, -0.2) is 0 Å². The minimum Gasteiger partial charge on any atom is -0.187 e. The average molecular weight is 250 g/mol. The Morgan fingerprint density at radius 2 is 1.16 bits per heavy atom. The lowest BCUT2D eigenvalue weighted by atomic mass is 10.1. The Morgan fingerprint density at radius 1 is 0.737 bits per heavy atom. The van der Waals surface area contributed by atoms with E-state index in [1.54, 1.807) is 0 Å². The Morgan fingerprint density at radius 3 is 1.58 bits per heavy atom. The maximum Gasteiger partial charge on any atom is 0.100 e. The molecule has 0 radical (unpaired) electrons. The summed E-state index contributed by atoms with van der Waals surface area (Å²) in [5.41, 5.74) is 4.33. The molecular weight excluding hydrogens is 232 g/mol. The summed E-state index contributed by atoms with van der Waals surface area (Å²) < 4.78 is 0. The van der Waals surface area contributed by atoms with Crippen molar-refractivity contribution in [2.45, 2.75) is 26.7 Å². The highest BCUT2D eigenvalue weighted by molar-refractivity contribution is 5.61. The highest BCUT2D eigenvalue weighted by Gasteiger charge is 1.97. The minimum atomic E-state index is 0.947. The number of aryl methyl sites for hydroxylation is 2. The Labute approximate surface area is 114 Å². The van der Waals surface area contributed by atoms with Gasteiger partial charge >= 0.3 is 0 Å². The van der Waals surface area contributed by atoms with Gasteiger partial charge in [-0.3, -0.25) is 0 Å². The first-order valence-electron chi connectivity index (χ1n) is 6.67. The second-order valence-corrected chi connectivity index (χ2v) is 4.29. The van der Waals surface area contributed by atoms with Crippen LogP contribution in [0.1, 0.15) is 25.0 Å². The maximum absolute atomic E-state index is 4.33. The molecule has 2 aromatic rings. The molecule has 0 aliphatic rings. The van der Waals surface area contributed by atoms with E-state index < -0.39 is 0 Å². The highest BCUT2D eigenvalue weighted by Crippen LogP contribution is 2.20. The Kier molecular flexibility index (Phi) is 4.66. The van der Waals surface area contributed by atoms with Crippen LogP contribution in [0.4, 0.5) is 11.4 Å². The van der Waals surface area contributed by atoms with Crippen LogP contribution in [0, 0.1) is 0 Å². The SMILES string of the molecule is CCc1ccccc1N=C=Nc1ccccc1CC. The molecule has 2 nitrogen and oxygen atoms in total. The van der Waals surface area contributed by atoms with Crippen LogP contribution >= 0.6 is 0 Å². The number of benzene rings is 2. The standard InChI is InChI=1S/C17H18N2/c1-3-14-9-5-7-11-16(14)18-13-19-17-12-8-6-10-15(17)4-2/h5-12H,3-4H2,1-2H3. The normalized spacial score (nSPS) is 9.79. The molecule has 2 heteroatoms. The van der Waals surface area contributed by atoms with Gasteiger partial charge < -0.3 is 0 Å². The van der Waals surface area contributed by atoms with Crippen molar-refractivity contribution in [2.24, 2.45) is 9.98 Å². The number of hydrogen-bond acceptors (Lipinski definition) is 2. The molecule has 0 amide bonds. The molecule has 0 atom stereocenters. The van der Waals surface area contributed by atoms with Gasteiger partial charge in [0.05, 0.1) is 11.4 Å². The molecule has 0 spiro atoms. The van der Waals surface area contributed by atoms with Crippen LogP contribution < -0.4 is 0 Å². The van der Waals surface area contributed by atoms with Gasteiger partial charge in [0.1, 0.15) is 6.01 Å². The minimum absolute atomic E-state index is 0.947. The van der Waals surface area contributed by atoms with E-state index in [9.17, 15) is 0 Å². The van der Waals surface area contributed by atoms with Gasteiger partial charge in [-0.1, -0.05) is 50.2 Å². The van der Waals surface area contributed by atoms with Crippen molar-refractivity contribution < 1.29 is 0 Å². The van der Waals surface area contributed by atoms with Crippen molar-refractivity contribution in [3.63, 3.8) is 0 Å². The molecule has 0 saturated carbocycles. The van der Waals surface area contributed by atoms with E-state index in [1.165, 1.54) is 11.1 Å². The first-order valence-corrected chi connectivity index (χ1v) is 6.67. The number of para-hydroxylation sites is 2. The largest absolute Gasteiger partial charge is 0.187 e. The predicted octanol–water partition coefficient (Wildman–Crippen LogP) is 4.95. The molecule has 0 heterocycles. The Balaban J connectivity index is 2.29. The zero-order chi connectivity index (χ0) is 13.5. The summed E-state index contributed by atoms with van der Waals surface area (Å²) in [5.74, 6) is 0. The fraction of sp³-hybridized carbons (Fsp3) is 0.235. The summed E-state index contributed by atoms with van der Waals surface area (Å²) in [6.45, 7) is 4.25. The highest BCUT2D eigenvalue weighted by atomic mass is 14.8. The molecule has 0 fully saturated rings. The summed E-state index contributed by atoms with van der Waals surface area (Å²) in [6.07, 6.45) is 1.93. The third-order valence-electron chi connectivity index (χ3n) is 3.09. The second-order valence-electron chi connectivity index (χ2n) is 4.29. The van der Waals surface area contributed by atoms with Crippen LogP contribution in [-0.4, -0.2) is 6.01 Å². The topological polar surface area (TPSA) is 24.7 Å². The van der Waals surface area contributed by atoms with Crippen LogP contribution in [0.3, 0.4) is 0 Å². The molecular formula is C17H18N2. The maximum atomic E-state index is 4.33. The fourth-order valence-corrected chi connectivity index (χ4v) is 1.97. The third-order valence-corrected chi connectivity index (χ3v) is 3.09. The second kappa shape index (κ2) is 6.67. The van der Waals surface area contributed by atoms with Gasteiger partial charge in [0.25, 0.3) is 0 Å². The zero-order valence-corrected chi connectivity index (χ0v) is 11.4. The smallest absolute Gasteiger partial charge is 0.100 e. The summed E-state index contributed by atoms with van der Waals surface area (Å²) >= 11 is 0. The first kappa shape index (κ1) is 13.3. The number of nitrogens with zero attached hydrogens (tertiary/aromatic N) is 2. The lowest BCUT2D eigenvalue weighted by molar-refractivity contribution is 1.13. The van der Waals surface area contributed by atoms with E-state index in [4.69, 9.17) is 0 Å². The molecule has 0 aliphatic carbocycles. The molecule has 0 aliphatic heterocycles. The van der Waals surface area contributed by atoms with Gasteiger partial charge in [0, 0.05) is 0 Å². The molecule has 0 bridgehead atoms. The Bertz CT molecular complexity index is 557. The van der Waals surface area contributed by atoms with Crippen LogP contribution in [0.15, 0.2) is 58.5 Å². The molecule has 96 valence electrons. The Hall–Kier alpha value is -2.18. The van der Waals surface area contributed by atoms with Crippen LogP contribution in [-0.2, 0) is 12.8 Å². The van der Waals surface area contributed by atoms with E-state index in [0.29, 0.717) is 0 Å². The monoisotopic (exact) mass is 250 g/mol. The first-order chi connectivity index (χ1) is 9.35. The van der Waals surface area contributed by atoms with E-state index in [2.05, 4.69) is 42.0 Å². The van der Waals surface area contributed by atoms with E-state index >= 15 is 0 Å². The van der Waals surface area contributed by atoms with Crippen molar-refractivity contribution in [3.8, 4) is 0 Å². The predicted molar refractivity (Wildman–Crippen MR) is 80.8 cm³/mol. The van der Waals surface area contributed by atoms with Gasteiger partial charge in [-0.15, -0.1) is 0 Å². The summed E-state index contributed by atoms with van der Waals surface area (Å²) in [5, 5.41) is 0. The van der Waals surface area contributed by atoms with E-state index in [-0.39, 0.29) is 0 Å². The molecule has 19 heavy (non-hydrogen) atoms. The van der Waals surface area contributed by atoms with E-state index in [0.717, 1.165) is 24.2 Å². The molecule has 0 saturated heterocycles. The lowest BCUT2D eigenvalue weighted by Gasteiger charge is -2.00. The van der Waals surface area contributed by atoms with Crippen molar-refractivity contribution in [1.29, 1.82) is 0 Å². The summed E-state index contributed by atoms with van der Waals surface area (Å²) in [7, 11) is 0. The quantitative estimate of drug-likeness (QED) is 0.686. The van der Waals surface area contributed by atoms with Gasteiger partial charge in [0.2, 0.25) is 0 Å². The third kappa shape index (κ3) is 3.40. The van der Waals surface area contributed by atoms with Gasteiger partial charge in [-0.2, -0.15) is 9.98 Å². The molecule has 2 aromatic carbocycles. The molecule has 0 aromatic heterocycles. The van der Waals surface area contributed by atoms with Crippen molar-refractivity contribution in [1.82, 2.24) is 0 Å². The van der Waals surface area contributed by atoms with Crippen molar-refractivity contribution in [3.05, 3.63) is 59.7 Å². The van der Waals surface area contributed by atoms with Crippen molar-refractivity contribution >= 4 is 17.4 Å². The number of aliphatic imine (C=N–C) groups is 2.